The number of likely N-dealkylation sites (tertiary alicyclic amines) is 1. The predicted octanol–water partition coefficient (Wildman–Crippen LogP) is 3.44. The predicted molar refractivity (Wildman–Crippen MR) is 125 cm³/mol. The Morgan fingerprint density at radius 2 is 1.88 bits per heavy atom. The second kappa shape index (κ2) is 8.56. The SMILES string of the molecule is N[C@@H](Cc1c[nH]c2ccccc12)C(=O)N1CCC2(CC1)CC(CC(=O)O)c1ccccc1O2. The molecule has 1 fully saturated rings. The number of para-hydroxylation sites is 2. The second-order valence-corrected chi connectivity index (χ2v) is 9.32. The Morgan fingerprint density at radius 1 is 1.15 bits per heavy atom. The van der Waals surface area contributed by atoms with Gasteiger partial charge in [-0.2, -0.15) is 0 Å². The number of aromatic amines is 1. The maximum absolute atomic E-state index is 13.1. The summed E-state index contributed by atoms with van der Waals surface area (Å²) in [6.45, 7) is 1.12. The first-order chi connectivity index (χ1) is 15.9. The topological polar surface area (TPSA) is 109 Å². The number of H-pyrrole nitrogens is 1. The van der Waals surface area contributed by atoms with E-state index in [2.05, 4.69) is 4.98 Å². The molecule has 2 aromatic carbocycles. The van der Waals surface area contributed by atoms with Crippen molar-refractivity contribution in [3.8, 4) is 5.75 Å². The Morgan fingerprint density at radius 3 is 2.67 bits per heavy atom. The number of ether oxygens (including phenoxy) is 1. The van der Waals surface area contributed by atoms with Gasteiger partial charge in [0.1, 0.15) is 11.4 Å². The number of benzene rings is 2. The van der Waals surface area contributed by atoms with Crippen molar-refractivity contribution < 1.29 is 19.4 Å². The molecule has 7 nitrogen and oxygen atoms in total. The molecular formula is C26H29N3O4. The summed E-state index contributed by atoms with van der Waals surface area (Å²) in [5, 5.41) is 10.5. The van der Waals surface area contributed by atoms with Crippen LogP contribution in [0.1, 0.15) is 42.7 Å². The van der Waals surface area contributed by atoms with Crippen molar-refractivity contribution in [3.05, 3.63) is 65.9 Å². The van der Waals surface area contributed by atoms with E-state index in [1.54, 1.807) is 0 Å². The third-order valence-corrected chi connectivity index (χ3v) is 7.14. The average molecular weight is 448 g/mol. The van der Waals surface area contributed by atoms with Gasteiger partial charge in [-0.1, -0.05) is 36.4 Å². The van der Waals surface area contributed by atoms with Crippen LogP contribution in [-0.4, -0.2) is 51.6 Å². The summed E-state index contributed by atoms with van der Waals surface area (Å²) in [6.07, 6.45) is 4.49. The number of hydrogen-bond acceptors (Lipinski definition) is 4. The number of hydrogen-bond donors (Lipinski definition) is 3. The van der Waals surface area contributed by atoms with Gasteiger partial charge in [0.15, 0.2) is 0 Å². The molecule has 0 saturated carbocycles. The summed E-state index contributed by atoms with van der Waals surface area (Å²) in [5.74, 6) is -0.166. The Hall–Kier alpha value is -3.32. The Bertz CT molecular complexity index is 1180. The molecular weight excluding hydrogens is 418 g/mol. The molecule has 7 heteroatoms. The maximum atomic E-state index is 13.1. The van der Waals surface area contributed by atoms with Crippen LogP contribution in [0.3, 0.4) is 0 Å². The van der Waals surface area contributed by atoms with Gasteiger partial charge in [-0.05, 0) is 36.1 Å². The Kier molecular flexibility index (Phi) is 5.58. The number of rotatable bonds is 5. The maximum Gasteiger partial charge on any atom is 0.303 e. The normalized spacial score (nSPS) is 20.3. The molecule has 4 N–H and O–H groups in total. The fraction of sp³-hybridized carbons (Fsp3) is 0.385. The van der Waals surface area contributed by atoms with Crippen molar-refractivity contribution in [2.24, 2.45) is 5.73 Å². The number of aliphatic carboxylic acids is 1. The van der Waals surface area contributed by atoms with Gasteiger partial charge in [-0.3, -0.25) is 9.59 Å². The lowest BCUT2D eigenvalue weighted by Crippen LogP contribution is -2.55. The summed E-state index contributed by atoms with van der Waals surface area (Å²) in [7, 11) is 0. The molecule has 1 aromatic heterocycles. The largest absolute Gasteiger partial charge is 0.487 e. The van der Waals surface area contributed by atoms with Gasteiger partial charge in [0.2, 0.25) is 5.91 Å². The summed E-state index contributed by atoms with van der Waals surface area (Å²) in [6, 6.07) is 15.1. The fourth-order valence-corrected chi connectivity index (χ4v) is 5.44. The highest BCUT2D eigenvalue weighted by molar-refractivity contribution is 5.86. The van der Waals surface area contributed by atoms with Crippen LogP contribution in [0.25, 0.3) is 10.9 Å². The average Bonchev–Trinajstić information content (AvgIpc) is 3.21. The molecule has 2 aliphatic rings. The highest BCUT2D eigenvalue weighted by Gasteiger charge is 2.44. The van der Waals surface area contributed by atoms with E-state index in [9.17, 15) is 14.7 Å². The van der Waals surface area contributed by atoms with Crippen LogP contribution in [0.5, 0.6) is 5.75 Å². The minimum Gasteiger partial charge on any atom is -0.487 e. The van der Waals surface area contributed by atoms with Gasteiger partial charge in [0.05, 0.1) is 12.5 Å². The van der Waals surface area contributed by atoms with Crippen LogP contribution in [0.4, 0.5) is 0 Å². The van der Waals surface area contributed by atoms with E-state index in [4.69, 9.17) is 10.5 Å². The quantitative estimate of drug-likeness (QED) is 0.555. The first-order valence-corrected chi connectivity index (χ1v) is 11.5. The molecule has 1 amide bonds. The summed E-state index contributed by atoms with van der Waals surface area (Å²) in [5.41, 5.74) is 8.95. The number of carboxylic acid groups (broad SMARTS) is 1. The lowest BCUT2D eigenvalue weighted by molar-refractivity contribution is -0.138. The molecule has 33 heavy (non-hydrogen) atoms. The number of nitrogens with one attached hydrogen (secondary N) is 1. The zero-order valence-electron chi connectivity index (χ0n) is 18.5. The molecule has 2 atom stereocenters. The Labute approximate surface area is 192 Å². The highest BCUT2D eigenvalue weighted by Crippen LogP contribution is 2.46. The van der Waals surface area contributed by atoms with Crippen molar-refractivity contribution in [2.75, 3.05) is 13.1 Å². The molecule has 0 radical (unpaired) electrons. The van der Waals surface area contributed by atoms with Gasteiger partial charge in [-0.25, -0.2) is 0 Å². The third-order valence-electron chi connectivity index (χ3n) is 7.14. The number of aromatic nitrogens is 1. The van der Waals surface area contributed by atoms with E-state index < -0.39 is 17.6 Å². The van der Waals surface area contributed by atoms with E-state index in [0.717, 1.165) is 27.8 Å². The summed E-state index contributed by atoms with van der Waals surface area (Å²) >= 11 is 0. The van der Waals surface area contributed by atoms with E-state index >= 15 is 0 Å². The molecule has 3 heterocycles. The molecule has 1 spiro atoms. The summed E-state index contributed by atoms with van der Waals surface area (Å²) in [4.78, 5) is 29.7. The van der Waals surface area contributed by atoms with E-state index in [1.807, 2.05) is 59.6 Å². The number of carbonyl (C=O) groups excluding carboxylic acids is 1. The van der Waals surface area contributed by atoms with Gasteiger partial charge >= 0.3 is 5.97 Å². The summed E-state index contributed by atoms with van der Waals surface area (Å²) < 4.78 is 6.43. The van der Waals surface area contributed by atoms with Crippen molar-refractivity contribution >= 4 is 22.8 Å². The van der Waals surface area contributed by atoms with Crippen LogP contribution in [-0.2, 0) is 16.0 Å². The lowest BCUT2D eigenvalue weighted by atomic mass is 9.76. The number of nitrogens with zero attached hydrogens (tertiary/aromatic N) is 1. The molecule has 5 rings (SSSR count). The zero-order chi connectivity index (χ0) is 23.0. The van der Waals surface area contributed by atoms with Crippen LogP contribution in [0.2, 0.25) is 0 Å². The van der Waals surface area contributed by atoms with Crippen LogP contribution in [0.15, 0.2) is 54.7 Å². The van der Waals surface area contributed by atoms with Gasteiger partial charge in [-0.15, -0.1) is 0 Å². The molecule has 0 bridgehead atoms. The number of fused-ring (bicyclic) bond motifs is 2. The monoisotopic (exact) mass is 447 g/mol. The van der Waals surface area contributed by atoms with E-state index in [-0.39, 0.29) is 18.2 Å². The van der Waals surface area contributed by atoms with Crippen molar-refractivity contribution in [2.45, 2.75) is 49.7 Å². The highest BCUT2D eigenvalue weighted by atomic mass is 16.5. The van der Waals surface area contributed by atoms with Crippen LogP contribution in [0, 0.1) is 0 Å². The van der Waals surface area contributed by atoms with Gasteiger partial charge < -0.3 is 25.5 Å². The zero-order valence-corrected chi connectivity index (χ0v) is 18.5. The molecule has 1 unspecified atom stereocenters. The molecule has 1 saturated heterocycles. The van der Waals surface area contributed by atoms with Crippen LogP contribution < -0.4 is 10.5 Å². The lowest BCUT2D eigenvalue weighted by Gasteiger charge is -2.47. The standard InChI is InChI=1S/C26H29N3O4/c27-21(13-18-16-28-22-7-3-1-5-19(18)22)25(32)29-11-9-26(10-12-29)15-17(14-24(30)31)20-6-2-4-8-23(20)33-26/h1-8,16-17,21,28H,9-15,27H2,(H,30,31)/t17?,21-/m0/s1. The minimum atomic E-state index is -0.803. The Balaban J connectivity index is 1.25. The van der Waals surface area contributed by atoms with Gasteiger partial charge in [0, 0.05) is 48.9 Å². The van der Waals surface area contributed by atoms with Crippen molar-refractivity contribution in [1.29, 1.82) is 0 Å². The second-order valence-electron chi connectivity index (χ2n) is 9.32. The minimum absolute atomic E-state index is 0.0478. The first-order valence-electron chi connectivity index (χ1n) is 11.5. The molecule has 2 aliphatic heterocycles. The number of nitrogens with two attached hydrogens (primary N) is 1. The smallest absolute Gasteiger partial charge is 0.303 e. The van der Waals surface area contributed by atoms with E-state index in [0.29, 0.717) is 38.8 Å². The molecule has 172 valence electrons. The molecule has 3 aromatic rings. The van der Waals surface area contributed by atoms with Gasteiger partial charge in [0.25, 0.3) is 0 Å². The fourth-order valence-electron chi connectivity index (χ4n) is 5.44. The van der Waals surface area contributed by atoms with E-state index in [1.165, 1.54) is 0 Å². The molecule has 0 aliphatic carbocycles. The van der Waals surface area contributed by atoms with Crippen LogP contribution >= 0.6 is 0 Å². The third kappa shape index (κ3) is 4.20. The first kappa shape index (κ1) is 21.5. The van der Waals surface area contributed by atoms with Crippen molar-refractivity contribution in [1.82, 2.24) is 9.88 Å². The number of carbonyl (C=O) groups is 2. The number of piperidine rings is 1. The van der Waals surface area contributed by atoms with Crippen molar-refractivity contribution in [3.63, 3.8) is 0 Å². The number of carboxylic acids is 1. The number of amides is 1.